The van der Waals surface area contributed by atoms with E-state index in [9.17, 15) is 9.59 Å². The zero-order valence-electron chi connectivity index (χ0n) is 11.6. The van der Waals surface area contributed by atoms with Crippen LogP contribution in [-0.2, 0) is 4.79 Å². The molecule has 0 fully saturated rings. The number of rotatable bonds is 4. The molecule has 0 aliphatic rings. The van der Waals surface area contributed by atoms with Crippen molar-refractivity contribution in [2.24, 2.45) is 16.9 Å². The summed E-state index contributed by atoms with van der Waals surface area (Å²) in [5, 5.41) is 2.71. The Labute approximate surface area is 113 Å². The molecule has 1 atom stereocenters. The van der Waals surface area contributed by atoms with Gasteiger partial charge >= 0.3 is 0 Å². The Morgan fingerprint density at radius 1 is 1.32 bits per heavy atom. The number of nitrogens with one attached hydrogen (secondary N) is 1. The summed E-state index contributed by atoms with van der Waals surface area (Å²) in [7, 11) is 0. The SMILES string of the molecule is CC(C)(C)C(N)CC(=O)Nc1cccc(C(N)=O)c1. The molecule has 1 unspecified atom stereocenters. The minimum Gasteiger partial charge on any atom is -0.366 e. The van der Waals surface area contributed by atoms with Crippen molar-refractivity contribution in [3.05, 3.63) is 29.8 Å². The van der Waals surface area contributed by atoms with Gasteiger partial charge in [-0.3, -0.25) is 9.59 Å². The van der Waals surface area contributed by atoms with Crippen LogP contribution in [0.1, 0.15) is 37.6 Å². The fourth-order valence-corrected chi connectivity index (χ4v) is 1.47. The van der Waals surface area contributed by atoms with E-state index in [4.69, 9.17) is 11.5 Å². The molecule has 2 amide bonds. The van der Waals surface area contributed by atoms with Crippen molar-refractivity contribution in [3.8, 4) is 0 Å². The first-order chi connectivity index (χ1) is 8.70. The van der Waals surface area contributed by atoms with Gasteiger partial charge in [-0.2, -0.15) is 0 Å². The number of benzene rings is 1. The third-order valence-electron chi connectivity index (χ3n) is 2.95. The third-order valence-corrected chi connectivity index (χ3v) is 2.95. The maximum Gasteiger partial charge on any atom is 0.248 e. The number of hydrogen-bond acceptors (Lipinski definition) is 3. The van der Waals surface area contributed by atoms with Crippen LogP contribution in [0.2, 0.25) is 0 Å². The van der Waals surface area contributed by atoms with Gasteiger partial charge in [0.25, 0.3) is 0 Å². The van der Waals surface area contributed by atoms with Crippen LogP contribution in [0, 0.1) is 5.41 Å². The van der Waals surface area contributed by atoms with Gasteiger partial charge in [0.2, 0.25) is 11.8 Å². The molecule has 0 heterocycles. The molecule has 0 saturated carbocycles. The van der Waals surface area contributed by atoms with Gasteiger partial charge in [-0.15, -0.1) is 0 Å². The first-order valence-electron chi connectivity index (χ1n) is 6.15. The number of carbonyl (C=O) groups excluding carboxylic acids is 2. The highest BCUT2D eigenvalue weighted by atomic mass is 16.2. The van der Waals surface area contributed by atoms with Crippen LogP contribution < -0.4 is 16.8 Å². The lowest BCUT2D eigenvalue weighted by Crippen LogP contribution is -2.38. The molecule has 0 saturated heterocycles. The zero-order chi connectivity index (χ0) is 14.6. The molecule has 5 heteroatoms. The second-order valence-corrected chi connectivity index (χ2v) is 5.67. The van der Waals surface area contributed by atoms with Crippen LogP contribution in [0.4, 0.5) is 5.69 Å². The number of primary amides is 1. The van der Waals surface area contributed by atoms with E-state index in [-0.39, 0.29) is 23.8 Å². The second kappa shape index (κ2) is 5.84. The van der Waals surface area contributed by atoms with Crippen molar-refractivity contribution in [1.29, 1.82) is 0 Å². The summed E-state index contributed by atoms with van der Waals surface area (Å²) in [6.45, 7) is 5.95. The molecule has 0 spiro atoms. The van der Waals surface area contributed by atoms with Gasteiger partial charge in [-0.1, -0.05) is 26.8 Å². The Balaban J connectivity index is 2.67. The predicted octanol–water partition coefficient (Wildman–Crippen LogP) is 1.49. The van der Waals surface area contributed by atoms with E-state index in [0.717, 1.165) is 0 Å². The average molecular weight is 263 g/mol. The Hall–Kier alpha value is -1.88. The first kappa shape index (κ1) is 15.2. The Morgan fingerprint density at radius 3 is 2.47 bits per heavy atom. The molecule has 0 aromatic heterocycles. The molecular formula is C14H21N3O2. The van der Waals surface area contributed by atoms with Crippen LogP contribution in [0.15, 0.2) is 24.3 Å². The highest BCUT2D eigenvalue weighted by molar-refractivity contribution is 5.96. The summed E-state index contributed by atoms with van der Waals surface area (Å²) in [5.74, 6) is -0.702. The van der Waals surface area contributed by atoms with Gasteiger partial charge in [0, 0.05) is 23.7 Å². The smallest absolute Gasteiger partial charge is 0.248 e. The van der Waals surface area contributed by atoms with Crippen LogP contribution in [0.25, 0.3) is 0 Å². The summed E-state index contributed by atoms with van der Waals surface area (Å²) in [6.07, 6.45) is 0.226. The highest BCUT2D eigenvalue weighted by Gasteiger charge is 2.23. The quantitative estimate of drug-likeness (QED) is 0.767. The fraction of sp³-hybridized carbons (Fsp3) is 0.429. The van der Waals surface area contributed by atoms with E-state index in [0.29, 0.717) is 11.3 Å². The van der Waals surface area contributed by atoms with Crippen LogP contribution in [-0.4, -0.2) is 17.9 Å². The molecule has 1 aromatic rings. The normalized spacial score (nSPS) is 12.8. The molecule has 0 aliphatic carbocycles. The fourth-order valence-electron chi connectivity index (χ4n) is 1.47. The predicted molar refractivity (Wildman–Crippen MR) is 75.6 cm³/mol. The van der Waals surface area contributed by atoms with Crippen molar-refractivity contribution in [3.63, 3.8) is 0 Å². The lowest BCUT2D eigenvalue weighted by molar-refractivity contribution is -0.117. The van der Waals surface area contributed by atoms with Gasteiger partial charge in [-0.25, -0.2) is 0 Å². The van der Waals surface area contributed by atoms with Gasteiger partial charge in [0.05, 0.1) is 0 Å². The van der Waals surface area contributed by atoms with Gasteiger partial charge in [-0.05, 0) is 23.6 Å². The van der Waals surface area contributed by atoms with Crippen LogP contribution in [0.3, 0.4) is 0 Å². The Morgan fingerprint density at radius 2 is 1.95 bits per heavy atom. The van der Waals surface area contributed by atoms with Crippen molar-refractivity contribution < 1.29 is 9.59 Å². The van der Waals surface area contributed by atoms with Crippen LogP contribution >= 0.6 is 0 Å². The molecule has 1 rings (SSSR count). The van der Waals surface area contributed by atoms with E-state index < -0.39 is 5.91 Å². The molecule has 19 heavy (non-hydrogen) atoms. The lowest BCUT2D eigenvalue weighted by atomic mass is 9.85. The maximum absolute atomic E-state index is 11.8. The second-order valence-electron chi connectivity index (χ2n) is 5.67. The number of hydrogen-bond donors (Lipinski definition) is 3. The standard InChI is InChI=1S/C14H21N3O2/c1-14(2,3)11(15)8-12(18)17-10-6-4-5-9(7-10)13(16)19/h4-7,11H,8,15H2,1-3H3,(H2,16,19)(H,17,18). The van der Waals surface area contributed by atoms with E-state index in [1.54, 1.807) is 24.3 Å². The largest absolute Gasteiger partial charge is 0.366 e. The molecule has 5 nitrogen and oxygen atoms in total. The maximum atomic E-state index is 11.8. The van der Waals surface area contributed by atoms with Crippen molar-refractivity contribution in [2.45, 2.75) is 33.2 Å². The molecule has 104 valence electrons. The number of anilines is 1. The molecular weight excluding hydrogens is 242 g/mol. The van der Waals surface area contributed by atoms with Gasteiger partial charge in [0.1, 0.15) is 0 Å². The Kier molecular flexibility index (Phi) is 4.67. The minimum atomic E-state index is -0.525. The Bertz CT molecular complexity index is 478. The van der Waals surface area contributed by atoms with E-state index in [1.165, 1.54) is 0 Å². The summed E-state index contributed by atoms with van der Waals surface area (Å²) in [6, 6.07) is 6.28. The van der Waals surface area contributed by atoms with E-state index in [1.807, 2.05) is 20.8 Å². The van der Waals surface area contributed by atoms with Gasteiger partial charge in [0.15, 0.2) is 0 Å². The van der Waals surface area contributed by atoms with Gasteiger partial charge < -0.3 is 16.8 Å². The summed E-state index contributed by atoms with van der Waals surface area (Å²) in [5.41, 5.74) is 11.9. The minimum absolute atomic E-state index is 0.133. The van der Waals surface area contributed by atoms with Crippen molar-refractivity contribution in [1.82, 2.24) is 0 Å². The van der Waals surface area contributed by atoms with Crippen molar-refractivity contribution >= 4 is 17.5 Å². The molecule has 0 radical (unpaired) electrons. The summed E-state index contributed by atoms with van der Waals surface area (Å²) < 4.78 is 0. The van der Waals surface area contributed by atoms with Crippen molar-refractivity contribution in [2.75, 3.05) is 5.32 Å². The van der Waals surface area contributed by atoms with E-state index >= 15 is 0 Å². The third kappa shape index (κ3) is 4.71. The molecule has 1 aromatic carbocycles. The average Bonchev–Trinajstić information content (AvgIpc) is 2.27. The number of amides is 2. The zero-order valence-corrected chi connectivity index (χ0v) is 11.6. The monoisotopic (exact) mass is 263 g/mol. The molecule has 0 aliphatic heterocycles. The number of nitrogens with two attached hydrogens (primary N) is 2. The first-order valence-corrected chi connectivity index (χ1v) is 6.15. The highest BCUT2D eigenvalue weighted by Crippen LogP contribution is 2.20. The molecule has 5 N–H and O–H groups in total. The van der Waals surface area contributed by atoms with E-state index in [2.05, 4.69) is 5.32 Å². The summed E-state index contributed by atoms with van der Waals surface area (Å²) >= 11 is 0. The van der Waals surface area contributed by atoms with Crippen LogP contribution in [0.5, 0.6) is 0 Å². The topological polar surface area (TPSA) is 98.2 Å². The number of carbonyl (C=O) groups is 2. The summed E-state index contributed by atoms with van der Waals surface area (Å²) in [4.78, 5) is 22.9. The lowest BCUT2D eigenvalue weighted by Gasteiger charge is -2.26. The molecule has 0 bridgehead atoms.